The maximum Gasteiger partial charge on any atom is 0.185 e. The Morgan fingerprint density at radius 2 is 1.61 bits per heavy atom. The van der Waals surface area contributed by atoms with Crippen LogP contribution in [0.3, 0.4) is 0 Å². The molecule has 0 heterocycles. The van der Waals surface area contributed by atoms with Gasteiger partial charge in [-0.05, 0) is 90.2 Å². The summed E-state index contributed by atoms with van der Waals surface area (Å²) in [5.74, 6) is 7.25. The molecule has 0 fully saturated rings. The lowest BCUT2D eigenvalue weighted by Gasteiger charge is -2.05. The topological polar surface area (TPSA) is 26.3 Å². The molecule has 0 amide bonds. The predicted molar refractivity (Wildman–Crippen MR) is 113 cm³/mol. The Bertz CT molecular complexity index is 1130. The molecule has 0 radical (unpaired) electrons. The van der Waals surface area contributed by atoms with Crippen molar-refractivity contribution in [2.45, 2.75) is 13.3 Å². The second-order valence-electron chi connectivity index (χ2n) is 6.70. The van der Waals surface area contributed by atoms with Crippen LogP contribution in [-0.2, 0) is 6.42 Å². The van der Waals surface area contributed by atoms with Crippen LogP contribution in [0.1, 0.15) is 39.5 Å². The van der Waals surface area contributed by atoms with E-state index in [0.29, 0.717) is 12.2 Å². The van der Waals surface area contributed by atoms with E-state index >= 15 is 0 Å². The van der Waals surface area contributed by atoms with E-state index in [-0.39, 0.29) is 5.78 Å². The monoisotopic (exact) mass is 364 g/mol. The summed E-state index contributed by atoms with van der Waals surface area (Å²) < 4.78 is 5.62. The van der Waals surface area contributed by atoms with Crippen LogP contribution in [0.4, 0.5) is 0 Å². The molecule has 3 aromatic carbocycles. The Hall–Kier alpha value is -3.57. The number of fused-ring (bicyclic) bond motifs is 3. The van der Waals surface area contributed by atoms with Crippen LogP contribution in [-0.4, -0.2) is 12.4 Å². The molecule has 136 valence electrons. The van der Waals surface area contributed by atoms with Crippen molar-refractivity contribution < 1.29 is 9.53 Å². The first-order valence-corrected chi connectivity index (χ1v) is 9.36. The average molecular weight is 364 g/mol. The molecule has 2 heteroatoms. The first-order valence-electron chi connectivity index (χ1n) is 9.36. The fourth-order valence-electron chi connectivity index (χ4n) is 3.50. The minimum atomic E-state index is -0.0785. The summed E-state index contributed by atoms with van der Waals surface area (Å²) in [6, 6.07) is 20.0. The van der Waals surface area contributed by atoms with E-state index in [1.165, 1.54) is 28.3 Å². The van der Waals surface area contributed by atoms with Crippen molar-refractivity contribution >= 4 is 5.78 Å². The van der Waals surface area contributed by atoms with E-state index in [9.17, 15) is 4.79 Å². The second-order valence-corrected chi connectivity index (χ2v) is 6.70. The molecule has 0 bridgehead atoms. The number of rotatable bonds is 4. The number of carbonyl (C=O) groups excluding carboxylic acids is 1. The van der Waals surface area contributed by atoms with E-state index < -0.39 is 0 Å². The third kappa shape index (κ3) is 3.48. The third-order valence-electron chi connectivity index (χ3n) is 4.87. The van der Waals surface area contributed by atoms with Gasteiger partial charge >= 0.3 is 0 Å². The van der Waals surface area contributed by atoms with Crippen molar-refractivity contribution in [2.75, 3.05) is 6.61 Å². The van der Waals surface area contributed by atoms with Crippen LogP contribution in [0.5, 0.6) is 5.75 Å². The molecule has 28 heavy (non-hydrogen) atoms. The summed E-state index contributed by atoms with van der Waals surface area (Å²) in [6.45, 7) is 6.18. The molecule has 0 saturated heterocycles. The minimum Gasteiger partial charge on any atom is -0.494 e. The molecule has 4 rings (SSSR count). The zero-order valence-corrected chi connectivity index (χ0v) is 15.8. The SMILES string of the molecule is C=CC(=O)c1ccc(C#Cc2ccc3c(c2)Cc2cc(OCC)ccc2-3)cc1. The lowest BCUT2D eigenvalue weighted by Crippen LogP contribution is -1.92. The molecule has 2 nitrogen and oxygen atoms in total. The smallest absolute Gasteiger partial charge is 0.185 e. The van der Waals surface area contributed by atoms with Gasteiger partial charge in [0.05, 0.1) is 6.61 Å². The molecule has 0 aliphatic heterocycles. The van der Waals surface area contributed by atoms with Crippen LogP contribution >= 0.6 is 0 Å². The zero-order valence-electron chi connectivity index (χ0n) is 15.8. The summed E-state index contributed by atoms with van der Waals surface area (Å²) in [5.41, 5.74) is 7.64. The predicted octanol–water partition coefficient (Wildman–Crippen LogP) is 5.43. The van der Waals surface area contributed by atoms with Crippen molar-refractivity contribution in [3.05, 3.63) is 101 Å². The number of hydrogen-bond acceptors (Lipinski definition) is 2. The first-order chi connectivity index (χ1) is 13.7. The third-order valence-corrected chi connectivity index (χ3v) is 4.87. The van der Waals surface area contributed by atoms with Gasteiger partial charge in [0.15, 0.2) is 5.78 Å². The molecule has 0 unspecified atom stereocenters. The van der Waals surface area contributed by atoms with Crippen molar-refractivity contribution in [2.24, 2.45) is 0 Å². The van der Waals surface area contributed by atoms with Gasteiger partial charge in [-0.2, -0.15) is 0 Å². The van der Waals surface area contributed by atoms with Gasteiger partial charge in [0.1, 0.15) is 5.75 Å². The van der Waals surface area contributed by atoms with E-state index in [2.05, 4.69) is 48.8 Å². The Morgan fingerprint density at radius 1 is 0.964 bits per heavy atom. The standard InChI is InChI=1S/C26H20O2/c1-3-26(27)20-10-7-18(8-11-20)5-6-19-9-13-24-21(15-19)16-22-17-23(28-4-2)12-14-25(22)24/h3,7-15,17H,1,4,16H2,2H3. The van der Waals surface area contributed by atoms with Crippen molar-refractivity contribution in [1.29, 1.82) is 0 Å². The van der Waals surface area contributed by atoms with Gasteiger partial charge in [-0.1, -0.05) is 30.6 Å². The summed E-state index contributed by atoms with van der Waals surface area (Å²) in [4.78, 5) is 11.6. The van der Waals surface area contributed by atoms with Crippen molar-refractivity contribution in [1.82, 2.24) is 0 Å². The largest absolute Gasteiger partial charge is 0.494 e. The molecule has 0 N–H and O–H groups in total. The maximum absolute atomic E-state index is 11.6. The Balaban J connectivity index is 1.56. The normalized spacial score (nSPS) is 11.0. The zero-order chi connectivity index (χ0) is 19.5. The van der Waals surface area contributed by atoms with Gasteiger partial charge in [-0.25, -0.2) is 0 Å². The Morgan fingerprint density at radius 3 is 2.32 bits per heavy atom. The van der Waals surface area contributed by atoms with Crippen molar-refractivity contribution in [3.8, 4) is 28.7 Å². The van der Waals surface area contributed by atoms with Crippen LogP contribution < -0.4 is 4.74 Å². The first kappa shape index (κ1) is 17.8. The van der Waals surface area contributed by atoms with Gasteiger partial charge in [0.2, 0.25) is 0 Å². The van der Waals surface area contributed by atoms with Gasteiger partial charge in [0, 0.05) is 16.7 Å². The summed E-state index contributed by atoms with van der Waals surface area (Å²) >= 11 is 0. The van der Waals surface area contributed by atoms with Gasteiger partial charge in [-0.3, -0.25) is 4.79 Å². The van der Waals surface area contributed by atoms with E-state index in [4.69, 9.17) is 4.74 Å². The van der Waals surface area contributed by atoms with Crippen molar-refractivity contribution in [3.63, 3.8) is 0 Å². The lowest BCUT2D eigenvalue weighted by atomic mass is 10.0. The lowest BCUT2D eigenvalue weighted by molar-refractivity contribution is 0.104. The minimum absolute atomic E-state index is 0.0785. The molecular formula is C26H20O2. The highest BCUT2D eigenvalue weighted by molar-refractivity contribution is 6.04. The number of allylic oxidation sites excluding steroid dienone is 1. The summed E-state index contributed by atoms with van der Waals surface area (Å²) in [5, 5.41) is 0. The molecule has 1 aliphatic rings. The highest BCUT2D eigenvalue weighted by Gasteiger charge is 2.19. The Kier molecular flexibility index (Phi) is 4.83. The molecule has 3 aromatic rings. The highest BCUT2D eigenvalue weighted by atomic mass is 16.5. The maximum atomic E-state index is 11.6. The average Bonchev–Trinajstić information content (AvgIpc) is 3.09. The molecule has 0 aromatic heterocycles. The van der Waals surface area contributed by atoms with E-state index in [1.54, 1.807) is 12.1 Å². The van der Waals surface area contributed by atoms with Gasteiger partial charge in [0.25, 0.3) is 0 Å². The van der Waals surface area contributed by atoms with Crippen LogP contribution in [0.25, 0.3) is 11.1 Å². The fourth-order valence-corrected chi connectivity index (χ4v) is 3.50. The summed E-state index contributed by atoms with van der Waals surface area (Å²) in [7, 11) is 0. The van der Waals surface area contributed by atoms with Gasteiger partial charge in [-0.15, -0.1) is 0 Å². The molecule has 0 atom stereocenters. The number of benzene rings is 3. The van der Waals surface area contributed by atoms with Crippen LogP contribution in [0, 0.1) is 11.8 Å². The summed E-state index contributed by atoms with van der Waals surface area (Å²) in [6.07, 6.45) is 2.22. The molecular weight excluding hydrogens is 344 g/mol. The Labute approximate surface area is 165 Å². The quantitative estimate of drug-likeness (QED) is 0.274. The second kappa shape index (κ2) is 7.58. The van der Waals surface area contributed by atoms with Crippen LogP contribution in [0.2, 0.25) is 0 Å². The number of ether oxygens (including phenoxy) is 1. The molecule has 1 aliphatic carbocycles. The molecule has 0 saturated carbocycles. The van der Waals surface area contributed by atoms with Crippen LogP contribution in [0.15, 0.2) is 73.3 Å². The number of carbonyl (C=O) groups is 1. The molecule has 0 spiro atoms. The van der Waals surface area contributed by atoms with Gasteiger partial charge < -0.3 is 4.74 Å². The number of ketones is 1. The van der Waals surface area contributed by atoms with E-state index in [1.807, 2.05) is 25.1 Å². The number of hydrogen-bond donors (Lipinski definition) is 0. The highest BCUT2D eigenvalue weighted by Crippen LogP contribution is 2.38. The van der Waals surface area contributed by atoms with E-state index in [0.717, 1.165) is 23.3 Å². The fraction of sp³-hybridized carbons (Fsp3) is 0.115.